The van der Waals surface area contributed by atoms with E-state index in [-0.39, 0.29) is 0 Å². The van der Waals surface area contributed by atoms with Crippen molar-refractivity contribution >= 4 is 22.6 Å². The third-order valence-electron chi connectivity index (χ3n) is 1.99. The number of benzene rings is 1. The number of halogens is 1. The van der Waals surface area contributed by atoms with Gasteiger partial charge in [0.15, 0.2) is 5.76 Å². The fourth-order valence-electron chi connectivity index (χ4n) is 1.32. The van der Waals surface area contributed by atoms with E-state index in [4.69, 9.17) is 4.42 Å². The average molecular weight is 314 g/mol. The summed E-state index contributed by atoms with van der Waals surface area (Å²) in [6.45, 7) is 0.657. The normalized spacial score (nSPS) is 10.5. The Morgan fingerprint density at radius 3 is 3.07 bits per heavy atom. The first-order valence-electron chi connectivity index (χ1n) is 4.65. The van der Waals surface area contributed by atoms with Crippen LogP contribution in [-0.4, -0.2) is 12.0 Å². The van der Waals surface area contributed by atoms with Crippen LogP contribution in [0.2, 0.25) is 0 Å². The van der Waals surface area contributed by atoms with Gasteiger partial charge >= 0.3 is 0 Å². The smallest absolute Gasteiger partial charge is 0.208 e. The highest BCUT2D eigenvalue weighted by molar-refractivity contribution is 14.1. The Hall–Kier alpha value is -0.880. The van der Waals surface area contributed by atoms with Crippen molar-refractivity contribution in [3.8, 4) is 11.3 Å². The van der Waals surface area contributed by atoms with Gasteiger partial charge in [0.2, 0.25) is 5.89 Å². The summed E-state index contributed by atoms with van der Waals surface area (Å²) >= 11 is 2.28. The summed E-state index contributed by atoms with van der Waals surface area (Å²) in [4.78, 5) is 4.18. The molecule has 0 saturated heterocycles. The third-order valence-corrected chi connectivity index (χ3v) is 2.66. The first-order valence-corrected chi connectivity index (χ1v) is 5.72. The van der Waals surface area contributed by atoms with Crippen molar-refractivity contribution in [3.05, 3.63) is 39.9 Å². The molecule has 15 heavy (non-hydrogen) atoms. The van der Waals surface area contributed by atoms with Crippen LogP contribution in [0.4, 0.5) is 0 Å². The van der Waals surface area contributed by atoms with Gasteiger partial charge in [0.1, 0.15) is 0 Å². The monoisotopic (exact) mass is 314 g/mol. The van der Waals surface area contributed by atoms with E-state index in [0.717, 1.165) is 11.3 Å². The molecule has 3 nitrogen and oxygen atoms in total. The molecule has 0 aliphatic heterocycles. The minimum absolute atomic E-state index is 0.657. The minimum Gasteiger partial charge on any atom is -0.439 e. The lowest BCUT2D eigenvalue weighted by atomic mass is 10.2. The van der Waals surface area contributed by atoms with Crippen molar-refractivity contribution in [2.24, 2.45) is 0 Å². The summed E-state index contributed by atoms with van der Waals surface area (Å²) in [5.41, 5.74) is 1.07. The van der Waals surface area contributed by atoms with E-state index >= 15 is 0 Å². The van der Waals surface area contributed by atoms with Gasteiger partial charge < -0.3 is 9.73 Å². The molecule has 0 fully saturated rings. The Morgan fingerprint density at radius 1 is 1.47 bits per heavy atom. The van der Waals surface area contributed by atoms with E-state index < -0.39 is 0 Å². The standard InChI is InChI=1S/C11H11IN2O/c1-13-7-11-14-6-10(15-11)8-3-2-4-9(12)5-8/h2-6,13H,7H2,1H3. The molecule has 0 spiro atoms. The summed E-state index contributed by atoms with van der Waals surface area (Å²) in [7, 11) is 1.87. The third kappa shape index (κ3) is 2.57. The number of hydrogen-bond donors (Lipinski definition) is 1. The molecule has 0 unspecified atom stereocenters. The topological polar surface area (TPSA) is 38.1 Å². The quantitative estimate of drug-likeness (QED) is 0.885. The Bertz CT molecular complexity index is 453. The number of hydrogen-bond acceptors (Lipinski definition) is 3. The molecule has 0 radical (unpaired) electrons. The molecule has 1 aromatic carbocycles. The summed E-state index contributed by atoms with van der Waals surface area (Å²) in [6.07, 6.45) is 1.76. The van der Waals surface area contributed by atoms with E-state index in [0.29, 0.717) is 12.4 Å². The van der Waals surface area contributed by atoms with Crippen LogP contribution in [0.25, 0.3) is 11.3 Å². The van der Waals surface area contributed by atoms with E-state index in [9.17, 15) is 0 Å². The Balaban J connectivity index is 2.29. The average Bonchev–Trinajstić information content (AvgIpc) is 2.67. The van der Waals surface area contributed by atoms with E-state index in [1.807, 2.05) is 19.2 Å². The summed E-state index contributed by atoms with van der Waals surface area (Å²) < 4.78 is 6.78. The van der Waals surface area contributed by atoms with Gasteiger partial charge in [-0.3, -0.25) is 0 Å². The molecular formula is C11H11IN2O. The van der Waals surface area contributed by atoms with E-state index in [1.165, 1.54) is 3.57 Å². The Morgan fingerprint density at radius 2 is 2.33 bits per heavy atom. The Kier molecular flexibility index (Phi) is 3.37. The van der Waals surface area contributed by atoms with Crippen LogP contribution < -0.4 is 5.32 Å². The second kappa shape index (κ2) is 4.76. The maximum absolute atomic E-state index is 5.59. The first kappa shape index (κ1) is 10.6. The first-order chi connectivity index (χ1) is 7.29. The van der Waals surface area contributed by atoms with Crippen molar-refractivity contribution in [2.75, 3.05) is 7.05 Å². The molecule has 0 saturated carbocycles. The van der Waals surface area contributed by atoms with Crippen LogP contribution in [0.5, 0.6) is 0 Å². The van der Waals surface area contributed by atoms with Crippen LogP contribution >= 0.6 is 22.6 Å². The molecule has 0 aliphatic carbocycles. The Labute approximate surface area is 102 Å². The highest BCUT2D eigenvalue weighted by atomic mass is 127. The van der Waals surface area contributed by atoms with Crippen molar-refractivity contribution in [1.29, 1.82) is 0 Å². The molecule has 0 atom stereocenters. The number of nitrogens with one attached hydrogen (secondary N) is 1. The molecule has 0 bridgehead atoms. The van der Waals surface area contributed by atoms with Gasteiger partial charge in [-0.2, -0.15) is 0 Å². The molecule has 2 aromatic rings. The molecule has 1 N–H and O–H groups in total. The van der Waals surface area contributed by atoms with Crippen molar-refractivity contribution < 1.29 is 4.42 Å². The maximum Gasteiger partial charge on any atom is 0.208 e. The highest BCUT2D eigenvalue weighted by Gasteiger charge is 2.05. The van der Waals surface area contributed by atoms with Gasteiger partial charge in [0.05, 0.1) is 12.7 Å². The zero-order valence-corrected chi connectivity index (χ0v) is 10.5. The van der Waals surface area contributed by atoms with Gasteiger partial charge in [0.25, 0.3) is 0 Å². The largest absolute Gasteiger partial charge is 0.439 e. The number of aromatic nitrogens is 1. The van der Waals surface area contributed by atoms with Gasteiger partial charge in [-0.1, -0.05) is 12.1 Å². The lowest BCUT2D eigenvalue weighted by molar-refractivity contribution is 0.491. The molecule has 1 heterocycles. The zero-order valence-electron chi connectivity index (χ0n) is 8.33. The molecular weight excluding hydrogens is 303 g/mol. The lowest BCUT2D eigenvalue weighted by Gasteiger charge is -1.96. The van der Waals surface area contributed by atoms with Gasteiger partial charge in [-0.05, 0) is 41.8 Å². The second-order valence-electron chi connectivity index (χ2n) is 3.16. The molecule has 0 aliphatic rings. The van der Waals surface area contributed by atoms with Gasteiger partial charge in [-0.15, -0.1) is 0 Å². The fourth-order valence-corrected chi connectivity index (χ4v) is 1.86. The highest BCUT2D eigenvalue weighted by Crippen LogP contribution is 2.21. The van der Waals surface area contributed by atoms with Crippen molar-refractivity contribution in [2.45, 2.75) is 6.54 Å². The molecule has 1 aromatic heterocycles. The lowest BCUT2D eigenvalue weighted by Crippen LogP contribution is -2.04. The maximum atomic E-state index is 5.59. The summed E-state index contributed by atoms with van der Waals surface area (Å²) in [5, 5.41) is 3.00. The van der Waals surface area contributed by atoms with Gasteiger partial charge in [-0.25, -0.2) is 4.98 Å². The molecule has 2 rings (SSSR count). The van der Waals surface area contributed by atoms with Crippen molar-refractivity contribution in [1.82, 2.24) is 10.3 Å². The number of rotatable bonds is 3. The van der Waals surface area contributed by atoms with E-state index in [1.54, 1.807) is 6.20 Å². The van der Waals surface area contributed by atoms with Crippen LogP contribution in [0.3, 0.4) is 0 Å². The van der Waals surface area contributed by atoms with Crippen molar-refractivity contribution in [3.63, 3.8) is 0 Å². The number of nitrogens with zero attached hydrogens (tertiary/aromatic N) is 1. The van der Waals surface area contributed by atoms with E-state index in [2.05, 4.69) is 45.0 Å². The molecule has 78 valence electrons. The van der Waals surface area contributed by atoms with Crippen LogP contribution in [0.15, 0.2) is 34.9 Å². The van der Waals surface area contributed by atoms with Crippen LogP contribution in [0.1, 0.15) is 5.89 Å². The number of oxazole rings is 1. The zero-order chi connectivity index (χ0) is 10.7. The SMILES string of the molecule is CNCc1ncc(-c2cccc(I)c2)o1. The fraction of sp³-hybridized carbons (Fsp3) is 0.182. The summed E-state index contributed by atoms with van der Waals surface area (Å²) in [6, 6.07) is 8.16. The van der Waals surface area contributed by atoms with Gasteiger partial charge in [0, 0.05) is 9.13 Å². The van der Waals surface area contributed by atoms with Crippen LogP contribution in [-0.2, 0) is 6.54 Å². The predicted molar refractivity (Wildman–Crippen MR) is 67.4 cm³/mol. The summed E-state index contributed by atoms with van der Waals surface area (Å²) in [5.74, 6) is 1.53. The minimum atomic E-state index is 0.657. The molecule has 0 amide bonds. The molecule has 4 heteroatoms. The van der Waals surface area contributed by atoms with Crippen LogP contribution in [0, 0.1) is 3.57 Å². The predicted octanol–water partition coefficient (Wildman–Crippen LogP) is 2.67. The second-order valence-corrected chi connectivity index (χ2v) is 4.40.